The molecule has 2 amide bonds. The summed E-state index contributed by atoms with van der Waals surface area (Å²) in [5.74, 6) is 1.20. The van der Waals surface area contributed by atoms with Crippen molar-refractivity contribution in [2.24, 2.45) is 5.92 Å². The van der Waals surface area contributed by atoms with Crippen molar-refractivity contribution in [3.05, 3.63) is 24.3 Å². The Bertz CT molecular complexity index is 586. The van der Waals surface area contributed by atoms with Gasteiger partial charge in [-0.3, -0.25) is 9.59 Å². The molecular weight excluding hydrogens is 294 g/mol. The van der Waals surface area contributed by atoms with Crippen LogP contribution in [0.1, 0.15) is 19.3 Å². The van der Waals surface area contributed by atoms with Crippen molar-refractivity contribution in [2.45, 2.75) is 25.3 Å². The molecule has 2 N–H and O–H groups in total. The number of anilines is 1. The van der Waals surface area contributed by atoms with Gasteiger partial charge in [-0.05, 0) is 43.9 Å². The Balaban J connectivity index is 1.54. The molecule has 1 aliphatic heterocycles. The number of nitrogens with one attached hydrogen (secondary N) is 2. The number of hydrogen-bond donors (Lipinski definition) is 2. The van der Waals surface area contributed by atoms with Crippen LogP contribution in [-0.2, 0) is 9.59 Å². The smallest absolute Gasteiger partial charge is 0.249 e. The lowest BCUT2D eigenvalue weighted by Gasteiger charge is -2.19. The first-order valence-electron chi connectivity index (χ1n) is 8.13. The van der Waals surface area contributed by atoms with E-state index in [-0.39, 0.29) is 18.4 Å². The summed E-state index contributed by atoms with van der Waals surface area (Å²) in [5, 5.41) is 5.97. The average molecular weight is 317 g/mol. The van der Waals surface area contributed by atoms with Gasteiger partial charge in [-0.1, -0.05) is 12.1 Å². The second kappa shape index (κ2) is 7.00. The SMILES string of the molecule is COc1ccccc1N1CCC(NC(=O)CNCC2CC2)C1=O. The van der Waals surface area contributed by atoms with Gasteiger partial charge in [0.25, 0.3) is 0 Å². The second-order valence-electron chi connectivity index (χ2n) is 6.14. The summed E-state index contributed by atoms with van der Waals surface area (Å²) in [6.07, 6.45) is 3.12. The largest absolute Gasteiger partial charge is 0.495 e. The second-order valence-corrected chi connectivity index (χ2v) is 6.14. The van der Waals surface area contributed by atoms with Gasteiger partial charge in [0, 0.05) is 6.54 Å². The number of hydrogen-bond acceptors (Lipinski definition) is 4. The summed E-state index contributed by atoms with van der Waals surface area (Å²) in [7, 11) is 1.59. The first kappa shape index (κ1) is 15.8. The number of carbonyl (C=O) groups is 2. The Morgan fingerprint density at radius 2 is 2.09 bits per heavy atom. The van der Waals surface area contributed by atoms with Gasteiger partial charge < -0.3 is 20.3 Å². The number of benzene rings is 1. The van der Waals surface area contributed by atoms with Gasteiger partial charge >= 0.3 is 0 Å². The Hall–Kier alpha value is -2.08. The molecule has 1 saturated carbocycles. The van der Waals surface area contributed by atoms with E-state index in [1.165, 1.54) is 12.8 Å². The Labute approximate surface area is 136 Å². The quantitative estimate of drug-likeness (QED) is 0.784. The molecule has 0 spiro atoms. The van der Waals surface area contributed by atoms with Crippen molar-refractivity contribution >= 4 is 17.5 Å². The maximum absolute atomic E-state index is 12.5. The van der Waals surface area contributed by atoms with Gasteiger partial charge in [0.2, 0.25) is 11.8 Å². The van der Waals surface area contributed by atoms with Crippen LogP contribution in [0.2, 0.25) is 0 Å². The van der Waals surface area contributed by atoms with Crippen molar-refractivity contribution in [3.63, 3.8) is 0 Å². The summed E-state index contributed by atoms with van der Waals surface area (Å²) in [6, 6.07) is 6.98. The number of amides is 2. The highest BCUT2D eigenvalue weighted by atomic mass is 16.5. The molecule has 6 heteroatoms. The van der Waals surface area contributed by atoms with Gasteiger partial charge in [0.05, 0.1) is 19.3 Å². The summed E-state index contributed by atoms with van der Waals surface area (Å²) in [6.45, 7) is 1.74. The molecule has 1 aromatic rings. The van der Waals surface area contributed by atoms with Crippen LogP contribution in [0, 0.1) is 5.92 Å². The van der Waals surface area contributed by atoms with E-state index in [1.54, 1.807) is 12.0 Å². The third-order valence-electron chi connectivity index (χ3n) is 4.33. The monoisotopic (exact) mass is 317 g/mol. The predicted octanol–water partition coefficient (Wildman–Crippen LogP) is 0.916. The van der Waals surface area contributed by atoms with E-state index in [4.69, 9.17) is 4.74 Å². The molecule has 0 aromatic heterocycles. The van der Waals surface area contributed by atoms with E-state index in [2.05, 4.69) is 10.6 Å². The maximum Gasteiger partial charge on any atom is 0.249 e. The summed E-state index contributed by atoms with van der Waals surface area (Å²) in [5.41, 5.74) is 0.753. The number of para-hydroxylation sites is 2. The Kier molecular flexibility index (Phi) is 4.81. The first-order chi connectivity index (χ1) is 11.2. The van der Waals surface area contributed by atoms with E-state index < -0.39 is 6.04 Å². The summed E-state index contributed by atoms with van der Waals surface area (Å²) in [4.78, 5) is 26.2. The van der Waals surface area contributed by atoms with Crippen LogP contribution in [0.15, 0.2) is 24.3 Å². The van der Waals surface area contributed by atoms with E-state index >= 15 is 0 Å². The lowest BCUT2D eigenvalue weighted by atomic mass is 10.2. The molecule has 1 saturated heterocycles. The van der Waals surface area contributed by atoms with Gasteiger partial charge in [-0.25, -0.2) is 0 Å². The van der Waals surface area contributed by atoms with Crippen molar-refractivity contribution in [3.8, 4) is 5.75 Å². The van der Waals surface area contributed by atoms with Gasteiger partial charge in [-0.15, -0.1) is 0 Å². The van der Waals surface area contributed by atoms with Gasteiger partial charge in [0.15, 0.2) is 0 Å². The van der Waals surface area contributed by atoms with Crippen LogP contribution < -0.4 is 20.3 Å². The predicted molar refractivity (Wildman–Crippen MR) is 87.5 cm³/mol. The Morgan fingerprint density at radius 3 is 2.83 bits per heavy atom. The minimum absolute atomic E-state index is 0.0787. The molecule has 1 atom stereocenters. The maximum atomic E-state index is 12.5. The van der Waals surface area contributed by atoms with Crippen LogP contribution in [0.3, 0.4) is 0 Å². The minimum atomic E-state index is -0.449. The zero-order chi connectivity index (χ0) is 16.2. The Morgan fingerprint density at radius 1 is 1.30 bits per heavy atom. The normalized spacial score (nSPS) is 20.7. The van der Waals surface area contributed by atoms with Crippen molar-refractivity contribution in [1.82, 2.24) is 10.6 Å². The molecule has 1 aliphatic carbocycles. The summed E-state index contributed by atoms with van der Waals surface area (Å²) < 4.78 is 5.31. The molecule has 1 aromatic carbocycles. The summed E-state index contributed by atoms with van der Waals surface area (Å²) >= 11 is 0. The molecule has 2 fully saturated rings. The van der Waals surface area contributed by atoms with Crippen LogP contribution >= 0.6 is 0 Å². The highest BCUT2D eigenvalue weighted by molar-refractivity contribution is 6.02. The van der Waals surface area contributed by atoms with E-state index in [0.29, 0.717) is 18.7 Å². The zero-order valence-electron chi connectivity index (χ0n) is 13.4. The third kappa shape index (κ3) is 3.82. The van der Waals surface area contributed by atoms with E-state index in [9.17, 15) is 9.59 Å². The van der Waals surface area contributed by atoms with Crippen molar-refractivity contribution in [2.75, 3.05) is 31.6 Å². The fourth-order valence-electron chi connectivity index (χ4n) is 2.86. The average Bonchev–Trinajstić information content (AvgIpc) is 3.32. The van der Waals surface area contributed by atoms with E-state index in [1.807, 2.05) is 24.3 Å². The fraction of sp³-hybridized carbons (Fsp3) is 0.529. The lowest BCUT2D eigenvalue weighted by Crippen LogP contribution is -2.45. The minimum Gasteiger partial charge on any atom is -0.495 e. The number of carbonyl (C=O) groups excluding carboxylic acids is 2. The number of ether oxygens (including phenoxy) is 1. The van der Waals surface area contributed by atoms with Crippen molar-refractivity contribution in [1.29, 1.82) is 0 Å². The van der Waals surface area contributed by atoms with Crippen LogP contribution in [0.25, 0.3) is 0 Å². The van der Waals surface area contributed by atoms with Crippen LogP contribution in [-0.4, -0.2) is 44.6 Å². The molecule has 1 unspecified atom stereocenters. The number of rotatable bonds is 7. The molecular formula is C17H23N3O3. The lowest BCUT2D eigenvalue weighted by molar-refractivity contribution is -0.125. The topological polar surface area (TPSA) is 70.7 Å². The standard InChI is InChI=1S/C17H23N3O3/c1-23-15-5-3-2-4-14(15)20-9-8-13(17(20)22)19-16(21)11-18-10-12-6-7-12/h2-5,12-13,18H,6-11H2,1H3,(H,19,21). The molecule has 3 rings (SSSR count). The van der Waals surface area contributed by atoms with E-state index in [0.717, 1.165) is 18.2 Å². The molecule has 23 heavy (non-hydrogen) atoms. The molecule has 2 aliphatic rings. The van der Waals surface area contributed by atoms with Gasteiger partial charge in [-0.2, -0.15) is 0 Å². The fourth-order valence-corrected chi connectivity index (χ4v) is 2.86. The molecule has 124 valence electrons. The third-order valence-corrected chi connectivity index (χ3v) is 4.33. The van der Waals surface area contributed by atoms with Gasteiger partial charge in [0.1, 0.15) is 11.8 Å². The molecule has 1 heterocycles. The highest BCUT2D eigenvalue weighted by Crippen LogP contribution is 2.31. The molecule has 6 nitrogen and oxygen atoms in total. The number of nitrogens with zero attached hydrogens (tertiary/aromatic N) is 1. The van der Waals surface area contributed by atoms with Crippen LogP contribution in [0.5, 0.6) is 5.75 Å². The van der Waals surface area contributed by atoms with Crippen LogP contribution in [0.4, 0.5) is 5.69 Å². The molecule has 0 bridgehead atoms. The number of methoxy groups -OCH3 is 1. The zero-order valence-corrected chi connectivity index (χ0v) is 13.4. The molecule has 0 radical (unpaired) electrons. The highest BCUT2D eigenvalue weighted by Gasteiger charge is 2.34. The van der Waals surface area contributed by atoms with Crippen molar-refractivity contribution < 1.29 is 14.3 Å². The first-order valence-corrected chi connectivity index (χ1v) is 8.13.